The SMILES string of the molecule is O=C1NC(=S)SC1=Cc1ccc(OCc2ccccc2)cc1. The van der Waals surface area contributed by atoms with E-state index >= 15 is 0 Å². The summed E-state index contributed by atoms with van der Waals surface area (Å²) in [7, 11) is 0. The average molecular weight is 327 g/mol. The second-order valence-corrected chi connectivity index (χ2v) is 6.41. The fraction of sp³-hybridized carbons (Fsp3) is 0.0588. The van der Waals surface area contributed by atoms with Gasteiger partial charge in [-0.05, 0) is 29.3 Å². The predicted octanol–water partition coefficient (Wildman–Crippen LogP) is 3.75. The number of rotatable bonds is 4. The molecule has 3 rings (SSSR count). The third-order valence-corrected chi connectivity index (χ3v) is 4.23. The largest absolute Gasteiger partial charge is 0.489 e. The van der Waals surface area contributed by atoms with Gasteiger partial charge in [-0.2, -0.15) is 0 Å². The normalized spacial score (nSPS) is 15.9. The Morgan fingerprint density at radius 1 is 1.09 bits per heavy atom. The van der Waals surface area contributed by atoms with Crippen molar-refractivity contribution in [1.29, 1.82) is 0 Å². The van der Waals surface area contributed by atoms with Crippen LogP contribution in [0.5, 0.6) is 5.75 Å². The number of carbonyl (C=O) groups excluding carboxylic acids is 1. The molecule has 110 valence electrons. The zero-order chi connectivity index (χ0) is 15.4. The molecule has 1 aliphatic rings. The first-order chi connectivity index (χ1) is 10.7. The van der Waals surface area contributed by atoms with E-state index in [0.29, 0.717) is 15.8 Å². The first kappa shape index (κ1) is 14.8. The van der Waals surface area contributed by atoms with Gasteiger partial charge in [0.1, 0.15) is 16.7 Å². The van der Waals surface area contributed by atoms with Crippen molar-refractivity contribution in [3.05, 3.63) is 70.6 Å². The Hall–Kier alpha value is -2.11. The minimum absolute atomic E-state index is 0.139. The summed E-state index contributed by atoms with van der Waals surface area (Å²) in [5, 5.41) is 2.60. The molecule has 0 radical (unpaired) electrons. The fourth-order valence-corrected chi connectivity index (χ4v) is 3.02. The summed E-state index contributed by atoms with van der Waals surface area (Å²) < 4.78 is 6.23. The molecule has 0 aliphatic carbocycles. The van der Waals surface area contributed by atoms with Gasteiger partial charge in [-0.25, -0.2) is 0 Å². The van der Waals surface area contributed by atoms with Crippen LogP contribution >= 0.6 is 24.0 Å². The van der Waals surface area contributed by atoms with Gasteiger partial charge in [0.15, 0.2) is 0 Å². The number of ether oxygens (including phenoxy) is 1. The van der Waals surface area contributed by atoms with Crippen molar-refractivity contribution < 1.29 is 9.53 Å². The Kier molecular flexibility index (Phi) is 4.56. The lowest BCUT2D eigenvalue weighted by atomic mass is 10.2. The van der Waals surface area contributed by atoms with E-state index in [1.54, 1.807) is 0 Å². The van der Waals surface area contributed by atoms with Crippen molar-refractivity contribution in [2.75, 3.05) is 0 Å². The molecule has 1 heterocycles. The highest BCUT2D eigenvalue weighted by atomic mass is 32.2. The summed E-state index contributed by atoms with van der Waals surface area (Å²) in [5.74, 6) is 0.657. The summed E-state index contributed by atoms with van der Waals surface area (Å²) in [6, 6.07) is 17.6. The molecule has 0 saturated carbocycles. The molecule has 1 amide bonds. The van der Waals surface area contributed by atoms with Crippen LogP contribution in [0.3, 0.4) is 0 Å². The predicted molar refractivity (Wildman–Crippen MR) is 93.5 cm³/mol. The molecule has 1 saturated heterocycles. The summed E-state index contributed by atoms with van der Waals surface area (Å²) in [6.45, 7) is 0.536. The number of thioether (sulfide) groups is 1. The maximum atomic E-state index is 11.6. The van der Waals surface area contributed by atoms with Crippen LogP contribution in [0.25, 0.3) is 6.08 Å². The zero-order valence-corrected chi connectivity index (χ0v) is 13.2. The van der Waals surface area contributed by atoms with E-state index in [1.807, 2.05) is 60.7 Å². The van der Waals surface area contributed by atoms with Crippen molar-refractivity contribution in [1.82, 2.24) is 5.32 Å². The van der Waals surface area contributed by atoms with Crippen LogP contribution in [-0.4, -0.2) is 10.2 Å². The van der Waals surface area contributed by atoms with Crippen LogP contribution in [0, 0.1) is 0 Å². The Morgan fingerprint density at radius 3 is 2.45 bits per heavy atom. The van der Waals surface area contributed by atoms with Gasteiger partial charge in [-0.15, -0.1) is 0 Å². The van der Waals surface area contributed by atoms with E-state index in [4.69, 9.17) is 17.0 Å². The second kappa shape index (κ2) is 6.77. The Morgan fingerprint density at radius 2 is 1.82 bits per heavy atom. The molecule has 2 aromatic carbocycles. The van der Waals surface area contributed by atoms with E-state index in [2.05, 4.69) is 5.32 Å². The van der Waals surface area contributed by atoms with Crippen molar-refractivity contribution in [2.45, 2.75) is 6.61 Å². The highest BCUT2D eigenvalue weighted by Gasteiger charge is 2.21. The zero-order valence-electron chi connectivity index (χ0n) is 11.6. The molecule has 22 heavy (non-hydrogen) atoms. The van der Waals surface area contributed by atoms with E-state index < -0.39 is 0 Å². The van der Waals surface area contributed by atoms with Crippen LogP contribution in [0.15, 0.2) is 59.5 Å². The molecule has 3 nitrogen and oxygen atoms in total. The standard InChI is InChI=1S/C17H13NO2S2/c19-16-15(22-17(21)18-16)10-12-6-8-14(9-7-12)20-11-13-4-2-1-3-5-13/h1-10H,11H2,(H,18,19,21). The van der Waals surface area contributed by atoms with E-state index in [1.165, 1.54) is 11.8 Å². The molecule has 0 spiro atoms. The number of amides is 1. The van der Waals surface area contributed by atoms with Crippen LogP contribution in [0.4, 0.5) is 0 Å². The molecule has 0 unspecified atom stereocenters. The number of thiocarbonyl (C=S) groups is 1. The highest BCUT2D eigenvalue weighted by molar-refractivity contribution is 8.26. The number of hydrogen-bond donors (Lipinski definition) is 1. The van der Waals surface area contributed by atoms with Gasteiger partial charge in [-0.3, -0.25) is 4.79 Å². The molecule has 2 aromatic rings. The lowest BCUT2D eigenvalue weighted by Crippen LogP contribution is -2.17. The third kappa shape index (κ3) is 3.75. The minimum Gasteiger partial charge on any atom is -0.489 e. The number of hydrogen-bond acceptors (Lipinski definition) is 4. The third-order valence-electron chi connectivity index (χ3n) is 3.07. The van der Waals surface area contributed by atoms with Gasteiger partial charge < -0.3 is 10.1 Å². The van der Waals surface area contributed by atoms with Crippen LogP contribution in [-0.2, 0) is 11.4 Å². The molecule has 5 heteroatoms. The Labute approximate surface area is 138 Å². The fourth-order valence-electron chi connectivity index (χ4n) is 1.97. The van der Waals surface area contributed by atoms with Gasteiger partial charge in [-0.1, -0.05) is 66.4 Å². The van der Waals surface area contributed by atoms with Crippen molar-refractivity contribution in [3.63, 3.8) is 0 Å². The molecule has 0 bridgehead atoms. The van der Waals surface area contributed by atoms with Gasteiger partial charge >= 0.3 is 0 Å². The molecule has 1 N–H and O–H groups in total. The molecular weight excluding hydrogens is 314 g/mol. The topological polar surface area (TPSA) is 38.3 Å². The van der Waals surface area contributed by atoms with Gasteiger partial charge in [0.2, 0.25) is 0 Å². The smallest absolute Gasteiger partial charge is 0.263 e. The first-order valence-corrected chi connectivity index (χ1v) is 7.95. The van der Waals surface area contributed by atoms with Gasteiger partial charge in [0.05, 0.1) is 4.91 Å². The molecule has 0 aromatic heterocycles. The minimum atomic E-state index is -0.139. The van der Waals surface area contributed by atoms with Crippen LogP contribution in [0.2, 0.25) is 0 Å². The number of nitrogens with one attached hydrogen (secondary N) is 1. The lowest BCUT2D eigenvalue weighted by molar-refractivity contribution is -0.115. The van der Waals surface area contributed by atoms with Crippen molar-refractivity contribution in [3.8, 4) is 5.75 Å². The summed E-state index contributed by atoms with van der Waals surface area (Å²) in [4.78, 5) is 12.2. The Balaban J connectivity index is 1.64. The maximum absolute atomic E-state index is 11.6. The molecule has 0 atom stereocenters. The molecular formula is C17H13NO2S2. The lowest BCUT2D eigenvalue weighted by Gasteiger charge is -2.06. The average Bonchev–Trinajstić information content (AvgIpc) is 2.85. The summed E-state index contributed by atoms with van der Waals surface area (Å²) in [5.41, 5.74) is 2.07. The highest BCUT2D eigenvalue weighted by Crippen LogP contribution is 2.26. The maximum Gasteiger partial charge on any atom is 0.263 e. The monoisotopic (exact) mass is 327 g/mol. The second-order valence-electron chi connectivity index (χ2n) is 4.70. The summed E-state index contributed by atoms with van der Waals surface area (Å²) >= 11 is 6.24. The van der Waals surface area contributed by atoms with E-state index in [9.17, 15) is 4.79 Å². The summed E-state index contributed by atoms with van der Waals surface area (Å²) in [6.07, 6.45) is 1.82. The van der Waals surface area contributed by atoms with E-state index in [0.717, 1.165) is 16.9 Å². The molecule has 1 aliphatic heterocycles. The molecule has 1 fully saturated rings. The quantitative estimate of drug-likeness (QED) is 0.685. The van der Waals surface area contributed by atoms with E-state index in [-0.39, 0.29) is 5.91 Å². The Bertz CT molecular complexity index is 724. The number of benzene rings is 2. The van der Waals surface area contributed by atoms with Crippen LogP contribution < -0.4 is 10.1 Å². The van der Waals surface area contributed by atoms with Crippen LogP contribution in [0.1, 0.15) is 11.1 Å². The number of carbonyl (C=O) groups is 1. The van der Waals surface area contributed by atoms with Crippen molar-refractivity contribution in [2.24, 2.45) is 0 Å². The first-order valence-electron chi connectivity index (χ1n) is 6.72. The van der Waals surface area contributed by atoms with Gasteiger partial charge in [0.25, 0.3) is 5.91 Å². The van der Waals surface area contributed by atoms with Gasteiger partial charge in [0, 0.05) is 0 Å². The van der Waals surface area contributed by atoms with Crippen molar-refractivity contribution >= 4 is 40.3 Å².